The number of fused-ring (bicyclic) bond motifs is 1. The lowest BCUT2D eigenvalue weighted by atomic mass is 10.2. The molecule has 0 spiro atoms. The van der Waals surface area contributed by atoms with Crippen LogP contribution in [0.25, 0.3) is 16.7 Å². The van der Waals surface area contributed by atoms with E-state index in [0.29, 0.717) is 5.02 Å². The molecule has 0 radical (unpaired) electrons. The molecule has 20 heavy (non-hydrogen) atoms. The van der Waals surface area contributed by atoms with E-state index in [2.05, 4.69) is 0 Å². The zero-order valence-electron chi connectivity index (χ0n) is 11.4. The number of imidazole rings is 1. The van der Waals surface area contributed by atoms with E-state index in [1.807, 2.05) is 62.4 Å². The van der Waals surface area contributed by atoms with Crippen molar-refractivity contribution in [3.63, 3.8) is 0 Å². The molecule has 1 heterocycles. The van der Waals surface area contributed by atoms with Gasteiger partial charge in [0.05, 0.1) is 16.7 Å². The number of nitrogens with zero attached hydrogens (tertiary/aromatic N) is 2. The van der Waals surface area contributed by atoms with Gasteiger partial charge < -0.3 is 0 Å². The van der Waals surface area contributed by atoms with Gasteiger partial charge in [0.15, 0.2) is 0 Å². The molecule has 0 aliphatic heterocycles. The van der Waals surface area contributed by atoms with Crippen LogP contribution in [-0.4, -0.2) is 9.13 Å². The van der Waals surface area contributed by atoms with Crippen LogP contribution in [0, 0.1) is 0 Å². The quantitative estimate of drug-likeness (QED) is 0.699. The molecule has 4 heteroatoms. The monoisotopic (exact) mass is 286 g/mol. The van der Waals surface area contributed by atoms with Crippen molar-refractivity contribution < 1.29 is 0 Å². The Morgan fingerprint density at radius 1 is 1.00 bits per heavy atom. The third kappa shape index (κ3) is 1.95. The Bertz CT molecular complexity index is 816. The van der Waals surface area contributed by atoms with Gasteiger partial charge in [-0.2, -0.15) is 0 Å². The third-order valence-electron chi connectivity index (χ3n) is 3.37. The van der Waals surface area contributed by atoms with Crippen LogP contribution < -0.4 is 5.69 Å². The molecule has 3 aromatic rings. The van der Waals surface area contributed by atoms with Gasteiger partial charge in [0, 0.05) is 11.1 Å². The number of halogens is 1. The highest BCUT2D eigenvalue weighted by Crippen LogP contribution is 2.23. The lowest BCUT2D eigenvalue weighted by Gasteiger charge is -2.06. The zero-order valence-corrected chi connectivity index (χ0v) is 12.1. The molecule has 0 unspecified atom stereocenters. The average Bonchev–Trinajstić information content (AvgIpc) is 2.71. The van der Waals surface area contributed by atoms with Gasteiger partial charge in [0.1, 0.15) is 0 Å². The molecule has 0 amide bonds. The normalized spacial score (nSPS) is 11.4. The Kier molecular flexibility index (Phi) is 3.14. The maximum atomic E-state index is 12.7. The predicted molar refractivity (Wildman–Crippen MR) is 82.9 cm³/mol. The van der Waals surface area contributed by atoms with Gasteiger partial charge in [-0.1, -0.05) is 29.8 Å². The van der Waals surface area contributed by atoms with Crippen LogP contribution >= 0.6 is 11.6 Å². The smallest absolute Gasteiger partial charge is 0.289 e. The van der Waals surface area contributed by atoms with Crippen molar-refractivity contribution in [3.8, 4) is 5.69 Å². The van der Waals surface area contributed by atoms with Gasteiger partial charge in [-0.3, -0.25) is 9.13 Å². The first-order valence-electron chi connectivity index (χ1n) is 6.57. The molecule has 0 fully saturated rings. The summed E-state index contributed by atoms with van der Waals surface area (Å²) in [5.41, 5.74) is 2.55. The largest absolute Gasteiger partial charge is 0.333 e. The molecular formula is C16H15ClN2O. The van der Waals surface area contributed by atoms with Crippen LogP contribution in [0.15, 0.2) is 53.3 Å². The molecule has 102 valence electrons. The van der Waals surface area contributed by atoms with E-state index in [9.17, 15) is 4.79 Å². The fourth-order valence-electron chi connectivity index (χ4n) is 2.52. The number of aromatic nitrogens is 2. The third-order valence-corrected chi connectivity index (χ3v) is 3.60. The van der Waals surface area contributed by atoms with Crippen LogP contribution in [0.3, 0.4) is 0 Å². The Morgan fingerprint density at radius 2 is 1.70 bits per heavy atom. The molecule has 0 aliphatic carbocycles. The fourth-order valence-corrected chi connectivity index (χ4v) is 2.69. The maximum absolute atomic E-state index is 12.7. The second-order valence-corrected chi connectivity index (χ2v) is 5.49. The van der Waals surface area contributed by atoms with Crippen molar-refractivity contribution in [1.82, 2.24) is 9.13 Å². The lowest BCUT2D eigenvalue weighted by Crippen LogP contribution is -2.24. The lowest BCUT2D eigenvalue weighted by molar-refractivity contribution is 0.590. The first kappa shape index (κ1) is 13.0. The Hall–Kier alpha value is -2.00. The van der Waals surface area contributed by atoms with E-state index in [0.717, 1.165) is 16.7 Å². The SMILES string of the molecule is CC(C)n1c(=O)n(-c2ccccc2)c2cc(Cl)ccc21. The summed E-state index contributed by atoms with van der Waals surface area (Å²) in [5, 5.41) is 0.628. The second-order valence-electron chi connectivity index (χ2n) is 5.05. The number of hydrogen-bond donors (Lipinski definition) is 0. The minimum Gasteiger partial charge on any atom is -0.289 e. The minimum atomic E-state index is -0.0385. The van der Waals surface area contributed by atoms with E-state index in [1.165, 1.54) is 0 Å². The minimum absolute atomic E-state index is 0.0385. The molecule has 0 N–H and O–H groups in total. The second kappa shape index (κ2) is 4.84. The molecule has 3 rings (SSSR count). The Labute approximate surface area is 122 Å². The summed E-state index contributed by atoms with van der Waals surface area (Å²) in [4.78, 5) is 12.7. The van der Waals surface area contributed by atoms with Crippen LogP contribution in [-0.2, 0) is 0 Å². The summed E-state index contributed by atoms with van der Waals surface area (Å²) in [7, 11) is 0. The van der Waals surface area contributed by atoms with Crippen LogP contribution in [0.2, 0.25) is 5.02 Å². The summed E-state index contributed by atoms with van der Waals surface area (Å²) in [6, 6.07) is 15.3. The number of rotatable bonds is 2. The van der Waals surface area contributed by atoms with Gasteiger partial charge in [-0.15, -0.1) is 0 Å². The highest BCUT2D eigenvalue weighted by Gasteiger charge is 2.16. The first-order chi connectivity index (χ1) is 9.59. The number of benzene rings is 2. The molecule has 0 saturated heterocycles. The Balaban J connectivity index is 2.45. The molecule has 1 aromatic heterocycles. The van der Waals surface area contributed by atoms with Crippen molar-refractivity contribution in [2.24, 2.45) is 0 Å². The van der Waals surface area contributed by atoms with E-state index in [-0.39, 0.29) is 11.7 Å². The summed E-state index contributed by atoms with van der Waals surface area (Å²) in [6.45, 7) is 4.01. The molecular weight excluding hydrogens is 272 g/mol. The van der Waals surface area contributed by atoms with Crippen molar-refractivity contribution >= 4 is 22.6 Å². The maximum Gasteiger partial charge on any atom is 0.333 e. The predicted octanol–water partition coefficient (Wildman–Crippen LogP) is 4.03. The van der Waals surface area contributed by atoms with Gasteiger partial charge >= 0.3 is 5.69 Å². The van der Waals surface area contributed by atoms with Crippen LogP contribution in [0.4, 0.5) is 0 Å². The number of hydrogen-bond acceptors (Lipinski definition) is 1. The van der Waals surface area contributed by atoms with Gasteiger partial charge in [-0.25, -0.2) is 4.79 Å². The molecule has 0 aliphatic rings. The summed E-state index contributed by atoms with van der Waals surface area (Å²) >= 11 is 6.09. The number of para-hydroxylation sites is 1. The van der Waals surface area contributed by atoms with Gasteiger partial charge in [0.25, 0.3) is 0 Å². The first-order valence-corrected chi connectivity index (χ1v) is 6.95. The molecule has 0 bridgehead atoms. The van der Waals surface area contributed by atoms with Crippen molar-refractivity contribution in [2.45, 2.75) is 19.9 Å². The average molecular weight is 287 g/mol. The highest BCUT2D eigenvalue weighted by molar-refractivity contribution is 6.31. The summed E-state index contributed by atoms with van der Waals surface area (Å²) < 4.78 is 3.50. The standard InChI is InChI=1S/C16H15ClN2O/c1-11(2)18-14-9-8-12(17)10-15(14)19(16(18)20)13-6-4-3-5-7-13/h3-11H,1-2H3. The summed E-state index contributed by atoms with van der Waals surface area (Å²) in [5.74, 6) is 0. The van der Waals surface area contributed by atoms with E-state index in [4.69, 9.17) is 11.6 Å². The zero-order chi connectivity index (χ0) is 14.3. The Morgan fingerprint density at radius 3 is 2.35 bits per heavy atom. The molecule has 0 atom stereocenters. The topological polar surface area (TPSA) is 26.9 Å². The van der Waals surface area contributed by atoms with E-state index < -0.39 is 0 Å². The van der Waals surface area contributed by atoms with Crippen molar-refractivity contribution in [2.75, 3.05) is 0 Å². The van der Waals surface area contributed by atoms with Crippen LogP contribution in [0.5, 0.6) is 0 Å². The van der Waals surface area contributed by atoms with Gasteiger partial charge in [0.2, 0.25) is 0 Å². The fraction of sp³-hybridized carbons (Fsp3) is 0.188. The van der Waals surface area contributed by atoms with Crippen LogP contribution in [0.1, 0.15) is 19.9 Å². The van der Waals surface area contributed by atoms with E-state index >= 15 is 0 Å². The van der Waals surface area contributed by atoms with E-state index in [1.54, 1.807) is 9.13 Å². The summed E-state index contributed by atoms with van der Waals surface area (Å²) in [6.07, 6.45) is 0. The molecule has 3 nitrogen and oxygen atoms in total. The highest BCUT2D eigenvalue weighted by atomic mass is 35.5. The molecule has 2 aromatic carbocycles. The van der Waals surface area contributed by atoms with Crippen molar-refractivity contribution in [3.05, 3.63) is 64.0 Å². The van der Waals surface area contributed by atoms with Gasteiger partial charge in [-0.05, 0) is 44.2 Å². The van der Waals surface area contributed by atoms with Crippen molar-refractivity contribution in [1.29, 1.82) is 0 Å². The molecule has 0 saturated carbocycles.